The molecule has 2 N–H and O–H groups in total. The molecule has 1 fully saturated rings. The number of urea groups is 1. The fraction of sp³-hybridized carbons (Fsp3) is 0.481. The summed E-state index contributed by atoms with van der Waals surface area (Å²) in [6.07, 6.45) is 2.93. The number of nitrogens with zero attached hydrogens (tertiary/aromatic N) is 4. The van der Waals surface area contributed by atoms with Gasteiger partial charge in [-0.25, -0.2) is 4.79 Å². The van der Waals surface area contributed by atoms with Crippen molar-refractivity contribution >= 4 is 49.6 Å². The fourth-order valence-corrected chi connectivity index (χ4v) is 6.25. The quantitative estimate of drug-likeness (QED) is 0.404. The number of hydrogen-bond donors (Lipinski definition) is 2. The van der Waals surface area contributed by atoms with E-state index in [0.717, 1.165) is 51.9 Å². The Balaban J connectivity index is 1.59. The summed E-state index contributed by atoms with van der Waals surface area (Å²) in [5, 5.41) is 7.91. The molecule has 38 heavy (non-hydrogen) atoms. The normalized spacial score (nSPS) is 16.9. The molecule has 3 amide bonds. The van der Waals surface area contributed by atoms with Gasteiger partial charge in [0.15, 0.2) is 0 Å². The molecule has 11 heteroatoms. The lowest BCUT2D eigenvalue weighted by Crippen LogP contribution is -2.63. The minimum atomic E-state index is -3.88. The highest BCUT2D eigenvalue weighted by Gasteiger charge is 2.41. The van der Waals surface area contributed by atoms with E-state index in [-0.39, 0.29) is 25.7 Å². The Kier molecular flexibility index (Phi) is 8.59. The van der Waals surface area contributed by atoms with Crippen molar-refractivity contribution in [2.45, 2.75) is 45.7 Å². The summed E-state index contributed by atoms with van der Waals surface area (Å²) in [4.78, 5) is 27.9. The smallest absolute Gasteiger partial charge is 0.317 e. The van der Waals surface area contributed by atoms with Crippen LogP contribution in [-0.4, -0.2) is 84.7 Å². The Morgan fingerprint density at radius 1 is 1.00 bits per heavy atom. The zero-order valence-corrected chi connectivity index (χ0v) is 23.4. The average molecular weight is 543 g/mol. The number of benzene rings is 2. The molecule has 3 aromatic rings. The average Bonchev–Trinajstić information content (AvgIpc) is 3.23. The van der Waals surface area contributed by atoms with Crippen molar-refractivity contribution in [2.75, 3.05) is 45.6 Å². The van der Waals surface area contributed by atoms with Crippen molar-refractivity contribution in [1.29, 1.82) is 0 Å². The second-order valence-electron chi connectivity index (χ2n) is 9.78. The second kappa shape index (κ2) is 11.7. The maximum absolute atomic E-state index is 13.6. The van der Waals surface area contributed by atoms with Crippen LogP contribution >= 0.6 is 0 Å². The second-order valence-corrected chi connectivity index (χ2v) is 11.9. The van der Waals surface area contributed by atoms with Gasteiger partial charge in [-0.15, -0.1) is 0 Å². The summed E-state index contributed by atoms with van der Waals surface area (Å²) in [6.45, 7) is 5.75. The molecular formula is C27H38N6O4S. The number of carbonyl (C=O) groups excluding carboxylic acids is 2. The van der Waals surface area contributed by atoms with Crippen LogP contribution in [0.5, 0.6) is 0 Å². The molecule has 1 aromatic heterocycles. The monoisotopic (exact) mass is 542 g/mol. The molecule has 1 aliphatic heterocycles. The van der Waals surface area contributed by atoms with Gasteiger partial charge in [0.2, 0.25) is 5.91 Å². The van der Waals surface area contributed by atoms with Crippen molar-refractivity contribution < 1.29 is 18.0 Å². The summed E-state index contributed by atoms with van der Waals surface area (Å²) in [5.41, 5.74) is 2.75. The van der Waals surface area contributed by atoms with Crippen LogP contribution in [0.2, 0.25) is 0 Å². The van der Waals surface area contributed by atoms with E-state index in [4.69, 9.17) is 0 Å². The summed E-state index contributed by atoms with van der Waals surface area (Å²) in [5.74, 6) is -0.475. The summed E-state index contributed by atoms with van der Waals surface area (Å²) in [7, 11) is -1.00. The van der Waals surface area contributed by atoms with E-state index >= 15 is 0 Å². The van der Waals surface area contributed by atoms with Gasteiger partial charge in [-0.2, -0.15) is 17.0 Å². The largest absolute Gasteiger partial charge is 0.341 e. The Hall–Kier alpha value is -3.15. The molecule has 2 heterocycles. The molecule has 1 saturated heterocycles. The van der Waals surface area contributed by atoms with Crippen LogP contribution in [0.15, 0.2) is 42.5 Å². The van der Waals surface area contributed by atoms with Gasteiger partial charge in [-0.05, 0) is 37.6 Å². The number of rotatable bonds is 9. The van der Waals surface area contributed by atoms with Crippen LogP contribution in [0.3, 0.4) is 0 Å². The molecule has 0 bridgehead atoms. The highest BCUT2D eigenvalue weighted by molar-refractivity contribution is 7.86. The highest BCUT2D eigenvalue weighted by atomic mass is 32.2. The molecule has 0 spiro atoms. The molecule has 0 aliphatic carbocycles. The molecular weight excluding hydrogens is 504 g/mol. The van der Waals surface area contributed by atoms with E-state index in [1.54, 1.807) is 0 Å². The summed E-state index contributed by atoms with van der Waals surface area (Å²) in [6, 6.07) is 12.5. The molecule has 0 radical (unpaired) electrons. The topological polar surface area (TPSA) is 107 Å². The van der Waals surface area contributed by atoms with E-state index in [1.165, 1.54) is 23.3 Å². The number of nitrogens with one attached hydrogen (secondary N) is 2. The molecule has 4 rings (SSSR count). The third-order valence-corrected chi connectivity index (χ3v) is 9.04. The number of carbonyl (C=O) groups is 2. The number of unbranched alkanes of at least 4 members (excludes halogenated alkanes) is 2. The predicted octanol–water partition coefficient (Wildman–Crippen LogP) is 3.45. The lowest BCUT2D eigenvalue weighted by molar-refractivity contribution is -0.121. The zero-order valence-electron chi connectivity index (χ0n) is 22.6. The number of anilines is 1. The first kappa shape index (κ1) is 27.9. The fourth-order valence-electron chi connectivity index (χ4n) is 5.03. The molecule has 206 valence electrons. The lowest BCUT2D eigenvalue weighted by Gasteiger charge is -2.40. The van der Waals surface area contributed by atoms with Crippen molar-refractivity contribution in [3.63, 3.8) is 0 Å². The Morgan fingerprint density at radius 2 is 1.74 bits per heavy atom. The minimum Gasteiger partial charge on any atom is -0.341 e. The maximum atomic E-state index is 13.6. The standard InChI is InChI=1S/C27H38N6O4S/c1-5-7-10-15-28-27(35)31-16-17-33(38(36,37)30(3)4)25(19-31)26(34)29-20-13-14-24-22(18-20)21-11-8-9-12-23(21)32(24)6-2/h8-9,11-14,18,25H,5-7,10,15-17,19H2,1-4H3,(H,28,35)(H,29,34)/t25-/m0/s1. The number of piperazine rings is 1. The number of hydrogen-bond acceptors (Lipinski definition) is 4. The molecule has 1 aliphatic rings. The minimum absolute atomic E-state index is 0.0317. The SMILES string of the molecule is CCCCCNC(=O)N1CCN(S(=O)(=O)N(C)C)[C@H](C(=O)Nc2ccc3c(c2)c2ccccc2n3CC)C1. The molecule has 0 saturated carbocycles. The van der Waals surface area contributed by atoms with Gasteiger partial charge in [0.05, 0.1) is 0 Å². The van der Waals surface area contributed by atoms with Gasteiger partial charge in [-0.3, -0.25) is 4.79 Å². The number of amides is 3. The number of fused-ring (bicyclic) bond motifs is 3. The van der Waals surface area contributed by atoms with Gasteiger partial charge in [0.25, 0.3) is 10.2 Å². The number of aryl methyl sites for hydroxylation is 1. The van der Waals surface area contributed by atoms with E-state index < -0.39 is 22.2 Å². The van der Waals surface area contributed by atoms with Crippen LogP contribution in [0.25, 0.3) is 21.8 Å². The predicted molar refractivity (Wildman–Crippen MR) is 151 cm³/mol. The van der Waals surface area contributed by atoms with E-state index in [0.29, 0.717) is 12.2 Å². The molecule has 1 atom stereocenters. The van der Waals surface area contributed by atoms with Gasteiger partial charge in [0, 0.05) is 74.3 Å². The van der Waals surface area contributed by atoms with Crippen LogP contribution in [0, 0.1) is 0 Å². The lowest BCUT2D eigenvalue weighted by atomic mass is 10.1. The Labute approximate surface area is 224 Å². The summed E-state index contributed by atoms with van der Waals surface area (Å²) < 4.78 is 30.7. The number of aromatic nitrogens is 1. The van der Waals surface area contributed by atoms with Crippen LogP contribution in [0.1, 0.15) is 33.1 Å². The van der Waals surface area contributed by atoms with Crippen LogP contribution in [0.4, 0.5) is 10.5 Å². The molecule has 0 unspecified atom stereocenters. The first-order valence-electron chi connectivity index (χ1n) is 13.2. The van der Waals surface area contributed by atoms with E-state index in [2.05, 4.69) is 41.2 Å². The van der Waals surface area contributed by atoms with E-state index in [9.17, 15) is 18.0 Å². The highest BCUT2D eigenvalue weighted by Crippen LogP contribution is 2.31. The van der Waals surface area contributed by atoms with Gasteiger partial charge in [0.1, 0.15) is 6.04 Å². The molecule has 10 nitrogen and oxygen atoms in total. The summed E-state index contributed by atoms with van der Waals surface area (Å²) >= 11 is 0. The first-order chi connectivity index (χ1) is 18.2. The molecule has 2 aromatic carbocycles. The van der Waals surface area contributed by atoms with Gasteiger partial charge in [-0.1, -0.05) is 38.0 Å². The van der Waals surface area contributed by atoms with Crippen LogP contribution in [-0.2, 0) is 21.5 Å². The Bertz CT molecular complexity index is 1420. The zero-order chi connectivity index (χ0) is 27.4. The Morgan fingerprint density at radius 3 is 2.45 bits per heavy atom. The van der Waals surface area contributed by atoms with E-state index in [1.807, 2.05) is 30.3 Å². The first-order valence-corrected chi connectivity index (χ1v) is 14.6. The van der Waals surface area contributed by atoms with Gasteiger partial charge >= 0.3 is 6.03 Å². The third-order valence-electron chi connectivity index (χ3n) is 7.09. The van der Waals surface area contributed by atoms with Crippen LogP contribution < -0.4 is 10.6 Å². The third kappa shape index (κ3) is 5.50. The van der Waals surface area contributed by atoms with Crippen molar-refractivity contribution in [3.8, 4) is 0 Å². The van der Waals surface area contributed by atoms with Crippen molar-refractivity contribution in [2.24, 2.45) is 0 Å². The van der Waals surface area contributed by atoms with Crippen molar-refractivity contribution in [1.82, 2.24) is 23.4 Å². The van der Waals surface area contributed by atoms with Gasteiger partial charge < -0.3 is 20.1 Å². The maximum Gasteiger partial charge on any atom is 0.317 e. The van der Waals surface area contributed by atoms with Crippen molar-refractivity contribution in [3.05, 3.63) is 42.5 Å². The number of para-hydroxylation sites is 1.